The molecule has 0 atom stereocenters. The lowest BCUT2D eigenvalue weighted by atomic mass is 10.2. The van der Waals surface area contributed by atoms with E-state index in [9.17, 15) is 0 Å². The van der Waals surface area contributed by atoms with Gasteiger partial charge in [-0.1, -0.05) is 41.1 Å². The number of halogens is 2. The van der Waals surface area contributed by atoms with Gasteiger partial charge in [0.1, 0.15) is 17.2 Å². The van der Waals surface area contributed by atoms with E-state index in [1.807, 2.05) is 66.7 Å². The standard InChI is InChI=1S/C22H22BrNO2.ClH/c1-2-14-25-22-13-8-18(23)15-17(22)16-24-19-9-11-21(12-10-19)26-20-6-4-3-5-7-20;/h3-13,15,24H,2,14,16H2,1H3;1H. The normalized spacial score (nSPS) is 10.0. The molecule has 0 fully saturated rings. The van der Waals surface area contributed by atoms with Crippen LogP contribution in [-0.2, 0) is 6.54 Å². The van der Waals surface area contributed by atoms with Crippen molar-refractivity contribution in [3.8, 4) is 17.2 Å². The highest BCUT2D eigenvalue weighted by Crippen LogP contribution is 2.26. The SMILES string of the molecule is CCCOc1ccc(Br)cc1CNc1ccc(Oc2ccccc2)cc1.Cl. The van der Waals surface area contributed by atoms with Crippen LogP contribution in [0.2, 0.25) is 0 Å². The minimum atomic E-state index is 0. The zero-order valence-electron chi connectivity index (χ0n) is 15.2. The van der Waals surface area contributed by atoms with E-state index in [-0.39, 0.29) is 12.4 Å². The van der Waals surface area contributed by atoms with Crippen molar-refractivity contribution in [2.75, 3.05) is 11.9 Å². The quantitative estimate of drug-likeness (QED) is 0.400. The second-order valence-electron chi connectivity index (χ2n) is 5.89. The van der Waals surface area contributed by atoms with Crippen molar-refractivity contribution in [3.63, 3.8) is 0 Å². The average molecular weight is 449 g/mol. The van der Waals surface area contributed by atoms with Crippen LogP contribution in [0.15, 0.2) is 77.3 Å². The highest BCUT2D eigenvalue weighted by molar-refractivity contribution is 9.10. The average Bonchev–Trinajstić information content (AvgIpc) is 2.67. The van der Waals surface area contributed by atoms with Gasteiger partial charge in [-0.2, -0.15) is 0 Å². The van der Waals surface area contributed by atoms with Crippen LogP contribution in [0.3, 0.4) is 0 Å². The van der Waals surface area contributed by atoms with Crippen molar-refractivity contribution in [3.05, 3.63) is 82.8 Å². The summed E-state index contributed by atoms with van der Waals surface area (Å²) in [6.45, 7) is 3.52. The monoisotopic (exact) mass is 447 g/mol. The fourth-order valence-electron chi connectivity index (χ4n) is 2.50. The number of para-hydroxylation sites is 1. The first kappa shape index (κ1) is 21.1. The summed E-state index contributed by atoms with van der Waals surface area (Å²) < 4.78 is 12.7. The molecule has 142 valence electrons. The molecule has 3 aromatic carbocycles. The second-order valence-corrected chi connectivity index (χ2v) is 6.81. The predicted molar refractivity (Wildman–Crippen MR) is 117 cm³/mol. The van der Waals surface area contributed by atoms with Gasteiger partial charge in [-0.15, -0.1) is 12.4 Å². The Bertz CT molecular complexity index is 825. The second kappa shape index (κ2) is 10.9. The Morgan fingerprint density at radius 3 is 2.30 bits per heavy atom. The molecule has 1 N–H and O–H groups in total. The van der Waals surface area contributed by atoms with E-state index < -0.39 is 0 Å². The molecule has 0 bridgehead atoms. The molecule has 0 saturated heterocycles. The summed E-state index contributed by atoms with van der Waals surface area (Å²) in [5.41, 5.74) is 2.16. The summed E-state index contributed by atoms with van der Waals surface area (Å²) in [6, 6.07) is 23.8. The Balaban J connectivity index is 0.00000261. The summed E-state index contributed by atoms with van der Waals surface area (Å²) in [6.07, 6.45) is 0.992. The molecule has 0 amide bonds. The third-order valence-corrected chi connectivity index (χ3v) is 4.29. The molecular weight excluding hydrogens is 426 g/mol. The predicted octanol–water partition coefficient (Wildman–Crippen LogP) is 7.06. The number of anilines is 1. The molecule has 3 nitrogen and oxygen atoms in total. The molecule has 0 aromatic heterocycles. The summed E-state index contributed by atoms with van der Waals surface area (Å²) in [5.74, 6) is 2.57. The molecule has 27 heavy (non-hydrogen) atoms. The number of benzene rings is 3. The van der Waals surface area contributed by atoms with E-state index in [0.29, 0.717) is 6.54 Å². The maximum Gasteiger partial charge on any atom is 0.127 e. The van der Waals surface area contributed by atoms with Crippen LogP contribution in [0.25, 0.3) is 0 Å². The van der Waals surface area contributed by atoms with Gasteiger partial charge in [0.05, 0.1) is 6.61 Å². The number of nitrogens with one attached hydrogen (secondary N) is 1. The highest BCUT2D eigenvalue weighted by atomic mass is 79.9. The maximum atomic E-state index is 5.83. The largest absolute Gasteiger partial charge is 0.493 e. The fraction of sp³-hybridized carbons (Fsp3) is 0.182. The topological polar surface area (TPSA) is 30.5 Å². The van der Waals surface area contributed by atoms with E-state index in [1.54, 1.807) is 0 Å². The van der Waals surface area contributed by atoms with E-state index in [2.05, 4.69) is 34.2 Å². The molecular formula is C22H23BrClNO2. The number of rotatable bonds is 8. The summed E-state index contributed by atoms with van der Waals surface area (Å²) in [7, 11) is 0. The molecule has 5 heteroatoms. The van der Waals surface area contributed by atoms with Crippen molar-refractivity contribution in [2.45, 2.75) is 19.9 Å². The van der Waals surface area contributed by atoms with Crippen molar-refractivity contribution in [2.24, 2.45) is 0 Å². The van der Waals surface area contributed by atoms with Gasteiger partial charge in [0.15, 0.2) is 0 Å². The Hall–Kier alpha value is -2.17. The lowest BCUT2D eigenvalue weighted by Crippen LogP contribution is -2.04. The molecule has 0 aliphatic carbocycles. The van der Waals surface area contributed by atoms with Crippen LogP contribution in [-0.4, -0.2) is 6.61 Å². The van der Waals surface area contributed by atoms with E-state index in [0.717, 1.165) is 46.0 Å². The van der Waals surface area contributed by atoms with Crippen LogP contribution >= 0.6 is 28.3 Å². The van der Waals surface area contributed by atoms with Crippen molar-refractivity contribution in [1.29, 1.82) is 0 Å². The molecule has 0 spiro atoms. The summed E-state index contributed by atoms with van der Waals surface area (Å²) >= 11 is 3.53. The number of hydrogen-bond acceptors (Lipinski definition) is 3. The zero-order valence-corrected chi connectivity index (χ0v) is 17.6. The van der Waals surface area contributed by atoms with Crippen LogP contribution in [0.1, 0.15) is 18.9 Å². The van der Waals surface area contributed by atoms with E-state index in [1.165, 1.54) is 0 Å². The summed E-state index contributed by atoms with van der Waals surface area (Å²) in [4.78, 5) is 0. The lowest BCUT2D eigenvalue weighted by molar-refractivity contribution is 0.314. The smallest absolute Gasteiger partial charge is 0.127 e. The van der Waals surface area contributed by atoms with Crippen LogP contribution < -0.4 is 14.8 Å². The van der Waals surface area contributed by atoms with Gasteiger partial charge in [0.2, 0.25) is 0 Å². The van der Waals surface area contributed by atoms with Crippen molar-refractivity contribution < 1.29 is 9.47 Å². The van der Waals surface area contributed by atoms with Gasteiger partial charge in [-0.25, -0.2) is 0 Å². The minimum Gasteiger partial charge on any atom is -0.493 e. The van der Waals surface area contributed by atoms with Gasteiger partial charge in [-0.05, 0) is 61.0 Å². The number of hydrogen-bond donors (Lipinski definition) is 1. The third kappa shape index (κ3) is 6.49. The Labute approximate surface area is 175 Å². The van der Waals surface area contributed by atoms with Gasteiger partial charge in [0, 0.05) is 22.3 Å². The van der Waals surface area contributed by atoms with Gasteiger partial charge in [0.25, 0.3) is 0 Å². The van der Waals surface area contributed by atoms with Crippen molar-refractivity contribution in [1.82, 2.24) is 0 Å². The van der Waals surface area contributed by atoms with E-state index >= 15 is 0 Å². The van der Waals surface area contributed by atoms with Gasteiger partial charge >= 0.3 is 0 Å². The summed E-state index contributed by atoms with van der Waals surface area (Å²) in [5, 5.41) is 3.44. The molecule has 3 rings (SSSR count). The zero-order chi connectivity index (χ0) is 18.2. The van der Waals surface area contributed by atoms with Gasteiger partial charge in [-0.3, -0.25) is 0 Å². The Kier molecular flexibility index (Phi) is 8.49. The van der Waals surface area contributed by atoms with Crippen LogP contribution in [0.5, 0.6) is 17.2 Å². The third-order valence-electron chi connectivity index (χ3n) is 3.80. The Morgan fingerprint density at radius 1 is 0.889 bits per heavy atom. The molecule has 0 unspecified atom stereocenters. The van der Waals surface area contributed by atoms with Gasteiger partial charge < -0.3 is 14.8 Å². The molecule has 3 aromatic rings. The fourth-order valence-corrected chi connectivity index (χ4v) is 2.91. The lowest BCUT2D eigenvalue weighted by Gasteiger charge is -2.13. The molecule has 0 radical (unpaired) electrons. The van der Waals surface area contributed by atoms with Crippen molar-refractivity contribution >= 4 is 34.0 Å². The molecule has 0 saturated carbocycles. The molecule has 0 aliphatic rings. The number of ether oxygens (including phenoxy) is 2. The van der Waals surface area contributed by atoms with E-state index in [4.69, 9.17) is 9.47 Å². The first-order valence-electron chi connectivity index (χ1n) is 8.72. The van der Waals surface area contributed by atoms with Crippen LogP contribution in [0, 0.1) is 0 Å². The van der Waals surface area contributed by atoms with Crippen LogP contribution in [0.4, 0.5) is 5.69 Å². The Morgan fingerprint density at radius 2 is 1.59 bits per heavy atom. The first-order chi connectivity index (χ1) is 12.7. The molecule has 0 heterocycles. The first-order valence-corrected chi connectivity index (χ1v) is 9.52. The maximum absolute atomic E-state index is 5.83. The molecule has 0 aliphatic heterocycles. The minimum absolute atomic E-state index is 0. The highest BCUT2D eigenvalue weighted by Gasteiger charge is 2.05.